The summed E-state index contributed by atoms with van der Waals surface area (Å²) in [5.41, 5.74) is 2.65. The minimum absolute atomic E-state index is 0.0535. The van der Waals surface area contributed by atoms with Gasteiger partial charge in [-0.1, -0.05) is 18.2 Å². The van der Waals surface area contributed by atoms with Gasteiger partial charge < -0.3 is 30.1 Å². The number of piperidine rings is 1. The first-order valence-electron chi connectivity index (χ1n) is 13.9. The third kappa shape index (κ3) is 6.73. The fourth-order valence-corrected chi connectivity index (χ4v) is 4.98. The van der Waals surface area contributed by atoms with E-state index in [4.69, 9.17) is 14.6 Å². The number of amides is 1. The molecule has 3 N–H and O–H groups in total. The van der Waals surface area contributed by atoms with E-state index in [0.29, 0.717) is 36.8 Å². The van der Waals surface area contributed by atoms with E-state index < -0.39 is 11.6 Å². The van der Waals surface area contributed by atoms with Crippen LogP contribution in [0, 0.1) is 0 Å². The maximum Gasteiger partial charge on any atom is 0.410 e. The lowest BCUT2D eigenvalue weighted by Gasteiger charge is -2.34. The molecule has 1 aliphatic heterocycles. The number of rotatable bonds is 8. The second kappa shape index (κ2) is 12.0. The normalized spacial score (nSPS) is 15.3. The van der Waals surface area contributed by atoms with Crippen molar-refractivity contribution in [1.29, 1.82) is 0 Å². The molecule has 1 fully saturated rings. The number of carbonyl (C=O) groups excluding carboxylic acids is 1. The fourth-order valence-electron chi connectivity index (χ4n) is 4.98. The van der Waals surface area contributed by atoms with Gasteiger partial charge >= 0.3 is 12.1 Å². The molecule has 2 aromatic carbocycles. The van der Waals surface area contributed by atoms with Crippen molar-refractivity contribution in [3.8, 4) is 5.75 Å². The van der Waals surface area contributed by atoms with Crippen molar-refractivity contribution in [3.05, 3.63) is 71.9 Å². The molecule has 0 spiro atoms. The van der Waals surface area contributed by atoms with E-state index in [2.05, 4.69) is 15.6 Å². The molecule has 0 aliphatic carbocycles. The number of anilines is 3. The number of carboxylic acids is 1. The Bertz CT molecular complexity index is 1580. The number of hydrogen-bond donors (Lipinski definition) is 3. The van der Waals surface area contributed by atoms with E-state index in [9.17, 15) is 14.7 Å². The van der Waals surface area contributed by atoms with Crippen LogP contribution >= 0.6 is 0 Å². The van der Waals surface area contributed by atoms with Gasteiger partial charge in [-0.05, 0) is 75.6 Å². The molecule has 5 rings (SSSR count). The Hall–Kier alpha value is -4.80. The topological polar surface area (TPSA) is 131 Å². The van der Waals surface area contributed by atoms with Crippen LogP contribution in [-0.2, 0) is 11.3 Å². The van der Waals surface area contributed by atoms with E-state index in [-0.39, 0.29) is 17.7 Å². The third-order valence-electron chi connectivity index (χ3n) is 6.93. The first kappa shape index (κ1) is 28.7. The van der Waals surface area contributed by atoms with Crippen LogP contribution in [0.1, 0.15) is 49.5 Å². The highest BCUT2D eigenvalue weighted by molar-refractivity contribution is 6.00. The molecule has 42 heavy (non-hydrogen) atoms. The molecular weight excluding hydrogens is 536 g/mol. The van der Waals surface area contributed by atoms with Crippen molar-refractivity contribution in [2.75, 3.05) is 30.8 Å². The second-order valence-corrected chi connectivity index (χ2v) is 11.3. The summed E-state index contributed by atoms with van der Waals surface area (Å²) < 4.78 is 12.8. The zero-order chi connectivity index (χ0) is 29.9. The Morgan fingerprint density at radius 3 is 2.62 bits per heavy atom. The number of ether oxygens (including phenoxy) is 2. The van der Waals surface area contributed by atoms with Crippen molar-refractivity contribution in [3.63, 3.8) is 0 Å². The highest BCUT2D eigenvalue weighted by Gasteiger charge is 2.29. The van der Waals surface area contributed by atoms with E-state index in [1.165, 1.54) is 0 Å². The van der Waals surface area contributed by atoms with Crippen LogP contribution in [0.4, 0.5) is 22.0 Å². The standard InChI is InChI=1S/C31H36N6O5/c1-31(2,3)42-30(40)36-16-6-9-23(19-36)34-27-26-25(33-22-8-5-7-21(17-22)29(38)39)14-15-32-28(26)37(35-27)18-20-10-12-24(41-4)13-11-20/h5,7-8,10-15,17,23H,6,9,16,18-19H2,1-4H3,(H,32,33)(H,34,35)(H,38,39)/t23-/m1/s1. The summed E-state index contributed by atoms with van der Waals surface area (Å²) in [5, 5.41) is 22.1. The number of benzene rings is 2. The van der Waals surface area contributed by atoms with Gasteiger partial charge in [0, 0.05) is 31.0 Å². The van der Waals surface area contributed by atoms with E-state index in [1.807, 2.05) is 61.9 Å². The molecule has 4 aromatic rings. The number of carbonyl (C=O) groups is 2. The lowest BCUT2D eigenvalue weighted by Crippen LogP contribution is -2.47. The number of methoxy groups -OCH3 is 1. The molecule has 1 atom stereocenters. The molecule has 1 aliphatic rings. The Morgan fingerprint density at radius 2 is 1.90 bits per heavy atom. The highest BCUT2D eigenvalue weighted by Crippen LogP contribution is 2.33. The largest absolute Gasteiger partial charge is 0.497 e. The second-order valence-electron chi connectivity index (χ2n) is 11.3. The number of aromatic carboxylic acids is 1. The van der Waals surface area contributed by atoms with Gasteiger partial charge in [-0.2, -0.15) is 5.10 Å². The molecule has 11 nitrogen and oxygen atoms in total. The van der Waals surface area contributed by atoms with Crippen LogP contribution in [0.5, 0.6) is 5.75 Å². The van der Waals surface area contributed by atoms with Gasteiger partial charge in [0.15, 0.2) is 11.5 Å². The average Bonchev–Trinajstić information content (AvgIpc) is 3.30. The van der Waals surface area contributed by atoms with Crippen molar-refractivity contribution < 1.29 is 24.2 Å². The highest BCUT2D eigenvalue weighted by atomic mass is 16.6. The number of likely N-dealkylation sites (tertiary alicyclic amines) is 1. The molecule has 3 heterocycles. The van der Waals surface area contributed by atoms with Crippen LogP contribution in [0.3, 0.4) is 0 Å². The van der Waals surface area contributed by atoms with Gasteiger partial charge in [-0.25, -0.2) is 19.3 Å². The predicted octanol–water partition coefficient (Wildman–Crippen LogP) is 5.74. The molecule has 0 radical (unpaired) electrons. The number of nitrogens with one attached hydrogen (secondary N) is 2. The Labute approximate surface area is 244 Å². The van der Waals surface area contributed by atoms with Crippen LogP contribution < -0.4 is 15.4 Å². The van der Waals surface area contributed by atoms with Crippen molar-refractivity contribution in [2.45, 2.75) is 51.8 Å². The fraction of sp³-hybridized carbons (Fsp3) is 0.355. The maximum absolute atomic E-state index is 12.8. The Kier molecular flexibility index (Phi) is 8.19. The average molecular weight is 573 g/mol. The monoisotopic (exact) mass is 572 g/mol. The SMILES string of the molecule is COc1ccc(Cn2nc(N[C@@H]3CCCN(C(=O)OC(C)(C)C)C3)c3c(Nc4cccc(C(=O)O)c4)ccnc32)cc1. The van der Waals surface area contributed by atoms with Gasteiger partial charge in [0.05, 0.1) is 30.3 Å². The maximum atomic E-state index is 12.8. The summed E-state index contributed by atoms with van der Waals surface area (Å²) >= 11 is 0. The number of pyridine rings is 1. The number of aromatic nitrogens is 3. The summed E-state index contributed by atoms with van der Waals surface area (Å²) in [6, 6.07) is 16.2. The minimum atomic E-state index is -1.000. The molecule has 220 valence electrons. The molecular formula is C31H36N6O5. The summed E-state index contributed by atoms with van der Waals surface area (Å²) in [5.74, 6) is 0.394. The van der Waals surface area contributed by atoms with E-state index >= 15 is 0 Å². The van der Waals surface area contributed by atoms with Gasteiger partial charge in [0.25, 0.3) is 0 Å². The lowest BCUT2D eigenvalue weighted by atomic mass is 10.1. The Balaban J connectivity index is 1.48. The predicted molar refractivity (Wildman–Crippen MR) is 161 cm³/mol. The van der Waals surface area contributed by atoms with Crippen LogP contribution in [0.25, 0.3) is 11.0 Å². The lowest BCUT2D eigenvalue weighted by molar-refractivity contribution is 0.0206. The summed E-state index contributed by atoms with van der Waals surface area (Å²) in [6.45, 7) is 7.17. The van der Waals surface area contributed by atoms with Crippen molar-refractivity contribution in [1.82, 2.24) is 19.7 Å². The molecule has 2 aromatic heterocycles. The molecule has 11 heteroatoms. The minimum Gasteiger partial charge on any atom is -0.497 e. The smallest absolute Gasteiger partial charge is 0.410 e. The summed E-state index contributed by atoms with van der Waals surface area (Å²) in [6.07, 6.45) is 3.06. The van der Waals surface area contributed by atoms with Gasteiger partial charge in [0.2, 0.25) is 0 Å². The number of fused-ring (bicyclic) bond motifs is 1. The van der Waals surface area contributed by atoms with Crippen LogP contribution in [0.15, 0.2) is 60.8 Å². The molecule has 0 saturated carbocycles. The number of carboxylic acid groups (broad SMARTS) is 1. The summed E-state index contributed by atoms with van der Waals surface area (Å²) in [7, 11) is 1.63. The first-order valence-corrected chi connectivity index (χ1v) is 13.9. The van der Waals surface area contributed by atoms with E-state index in [0.717, 1.165) is 35.2 Å². The van der Waals surface area contributed by atoms with Gasteiger partial charge in [-0.3, -0.25) is 0 Å². The van der Waals surface area contributed by atoms with Crippen LogP contribution in [0.2, 0.25) is 0 Å². The molecule has 0 unspecified atom stereocenters. The molecule has 1 saturated heterocycles. The number of hydrogen-bond acceptors (Lipinski definition) is 8. The molecule has 0 bridgehead atoms. The van der Waals surface area contributed by atoms with Crippen molar-refractivity contribution >= 4 is 40.3 Å². The first-order chi connectivity index (χ1) is 20.1. The van der Waals surface area contributed by atoms with Gasteiger partial charge in [0.1, 0.15) is 11.4 Å². The van der Waals surface area contributed by atoms with Crippen molar-refractivity contribution in [2.24, 2.45) is 0 Å². The Morgan fingerprint density at radius 1 is 1.12 bits per heavy atom. The zero-order valence-electron chi connectivity index (χ0n) is 24.3. The zero-order valence-corrected chi connectivity index (χ0v) is 24.3. The van der Waals surface area contributed by atoms with Crippen LogP contribution in [-0.4, -0.2) is 68.7 Å². The van der Waals surface area contributed by atoms with Gasteiger partial charge in [-0.15, -0.1) is 0 Å². The molecule has 1 amide bonds. The quantitative estimate of drug-likeness (QED) is 0.242. The third-order valence-corrected chi connectivity index (χ3v) is 6.93. The van der Waals surface area contributed by atoms with E-state index in [1.54, 1.807) is 36.4 Å². The number of nitrogens with zero attached hydrogens (tertiary/aromatic N) is 4. The summed E-state index contributed by atoms with van der Waals surface area (Å²) in [4.78, 5) is 30.8.